The summed E-state index contributed by atoms with van der Waals surface area (Å²) < 4.78 is 45.0. The van der Waals surface area contributed by atoms with E-state index < -0.39 is 21.9 Å². The summed E-state index contributed by atoms with van der Waals surface area (Å²) in [4.78, 5) is 13.5. The highest BCUT2D eigenvalue weighted by Gasteiger charge is 2.32. The van der Waals surface area contributed by atoms with E-state index in [9.17, 15) is 17.1 Å². The van der Waals surface area contributed by atoms with Crippen molar-refractivity contribution in [1.29, 1.82) is 0 Å². The van der Waals surface area contributed by atoms with Gasteiger partial charge in [-0.2, -0.15) is 8.42 Å². The standard InChI is InChI=1S/C14H16FNO5S/c15-22(18,19)9-11-6-14(17)16(8-11)7-10-1-2-12-13(5-10)21-4-3-20-12/h1-2,5,11H,3-4,6-9H2. The van der Waals surface area contributed by atoms with E-state index in [1.54, 1.807) is 17.0 Å². The molecular weight excluding hydrogens is 313 g/mol. The zero-order valence-electron chi connectivity index (χ0n) is 11.8. The predicted molar refractivity (Wildman–Crippen MR) is 75.9 cm³/mol. The number of hydrogen-bond donors (Lipinski definition) is 0. The van der Waals surface area contributed by atoms with Gasteiger partial charge in [-0.05, 0) is 17.7 Å². The highest BCUT2D eigenvalue weighted by Crippen LogP contribution is 2.32. The van der Waals surface area contributed by atoms with Crippen molar-refractivity contribution in [1.82, 2.24) is 4.90 Å². The molecule has 0 aliphatic carbocycles. The Morgan fingerprint density at radius 2 is 1.95 bits per heavy atom. The van der Waals surface area contributed by atoms with Gasteiger partial charge in [0.2, 0.25) is 5.91 Å². The van der Waals surface area contributed by atoms with E-state index in [4.69, 9.17) is 9.47 Å². The van der Waals surface area contributed by atoms with E-state index in [0.29, 0.717) is 31.3 Å². The van der Waals surface area contributed by atoms with E-state index >= 15 is 0 Å². The highest BCUT2D eigenvalue weighted by atomic mass is 32.3. The van der Waals surface area contributed by atoms with Crippen LogP contribution in [0.25, 0.3) is 0 Å². The molecule has 3 rings (SSSR count). The van der Waals surface area contributed by atoms with Gasteiger partial charge in [0.25, 0.3) is 0 Å². The molecule has 8 heteroatoms. The SMILES string of the molecule is O=C1CC(CS(=O)(=O)F)CN1Cc1ccc2c(c1)OCCO2. The predicted octanol–water partition coefficient (Wildman–Crippen LogP) is 1.11. The third-order valence-electron chi connectivity index (χ3n) is 3.71. The van der Waals surface area contributed by atoms with Crippen molar-refractivity contribution in [2.24, 2.45) is 5.92 Å². The lowest BCUT2D eigenvalue weighted by Gasteiger charge is -2.21. The molecule has 0 N–H and O–H groups in total. The van der Waals surface area contributed by atoms with Gasteiger partial charge in [0.15, 0.2) is 11.5 Å². The number of fused-ring (bicyclic) bond motifs is 1. The molecule has 6 nitrogen and oxygen atoms in total. The lowest BCUT2D eigenvalue weighted by Crippen LogP contribution is -2.25. The largest absolute Gasteiger partial charge is 0.486 e. The number of halogens is 1. The number of carbonyl (C=O) groups excluding carboxylic acids is 1. The number of amides is 1. The Morgan fingerprint density at radius 1 is 1.23 bits per heavy atom. The van der Waals surface area contributed by atoms with Crippen LogP contribution in [0, 0.1) is 5.92 Å². The molecule has 1 aromatic rings. The van der Waals surface area contributed by atoms with Gasteiger partial charge in [-0.25, -0.2) is 0 Å². The number of benzene rings is 1. The van der Waals surface area contributed by atoms with E-state index in [0.717, 1.165) is 5.56 Å². The van der Waals surface area contributed by atoms with Crippen molar-refractivity contribution in [2.75, 3.05) is 25.5 Å². The van der Waals surface area contributed by atoms with Crippen LogP contribution in [0.1, 0.15) is 12.0 Å². The van der Waals surface area contributed by atoms with Gasteiger partial charge in [0, 0.05) is 25.4 Å². The second-order valence-electron chi connectivity index (χ2n) is 5.53. The molecule has 0 radical (unpaired) electrons. The molecule has 2 aliphatic rings. The minimum Gasteiger partial charge on any atom is -0.486 e. The number of likely N-dealkylation sites (tertiary alicyclic amines) is 1. The van der Waals surface area contributed by atoms with Gasteiger partial charge in [-0.15, -0.1) is 3.89 Å². The maximum Gasteiger partial charge on any atom is 0.302 e. The number of ether oxygens (including phenoxy) is 2. The number of rotatable bonds is 4. The summed E-state index contributed by atoms with van der Waals surface area (Å²) in [6.45, 7) is 1.58. The van der Waals surface area contributed by atoms with Crippen molar-refractivity contribution in [3.8, 4) is 11.5 Å². The molecule has 1 aromatic carbocycles. The van der Waals surface area contributed by atoms with Crippen LogP contribution in [-0.4, -0.2) is 44.7 Å². The average molecular weight is 329 g/mol. The van der Waals surface area contributed by atoms with E-state index in [1.165, 1.54) is 0 Å². The summed E-state index contributed by atoms with van der Waals surface area (Å²) in [5.41, 5.74) is 0.862. The molecule has 1 unspecified atom stereocenters. The molecule has 120 valence electrons. The van der Waals surface area contributed by atoms with Gasteiger partial charge >= 0.3 is 10.2 Å². The van der Waals surface area contributed by atoms with Crippen LogP contribution in [0.2, 0.25) is 0 Å². The fourth-order valence-electron chi connectivity index (χ4n) is 2.81. The third-order valence-corrected chi connectivity index (χ3v) is 4.58. The molecule has 1 atom stereocenters. The average Bonchev–Trinajstić information content (AvgIpc) is 2.76. The first-order valence-electron chi connectivity index (χ1n) is 6.99. The molecule has 22 heavy (non-hydrogen) atoms. The zero-order chi connectivity index (χ0) is 15.7. The summed E-state index contributed by atoms with van der Waals surface area (Å²) in [5, 5.41) is 0. The summed E-state index contributed by atoms with van der Waals surface area (Å²) >= 11 is 0. The van der Waals surface area contributed by atoms with Gasteiger partial charge < -0.3 is 14.4 Å². The molecule has 0 bridgehead atoms. The topological polar surface area (TPSA) is 72.9 Å². The van der Waals surface area contributed by atoms with Crippen molar-refractivity contribution >= 4 is 16.1 Å². The van der Waals surface area contributed by atoms with Crippen LogP contribution >= 0.6 is 0 Å². The van der Waals surface area contributed by atoms with E-state index in [-0.39, 0.29) is 18.9 Å². The Hall–Kier alpha value is -1.83. The summed E-state index contributed by atoms with van der Waals surface area (Å²) in [5.74, 6) is 0.0572. The van der Waals surface area contributed by atoms with Gasteiger partial charge in [-0.3, -0.25) is 4.79 Å². The lowest BCUT2D eigenvalue weighted by atomic mass is 10.1. The van der Waals surface area contributed by atoms with Crippen LogP contribution in [0.3, 0.4) is 0 Å². The highest BCUT2D eigenvalue weighted by molar-refractivity contribution is 7.86. The Balaban J connectivity index is 1.67. The molecular formula is C14H16FNO5S. The molecule has 1 amide bonds. The van der Waals surface area contributed by atoms with E-state index in [2.05, 4.69) is 0 Å². The Morgan fingerprint density at radius 3 is 2.68 bits per heavy atom. The molecule has 2 aliphatic heterocycles. The van der Waals surface area contributed by atoms with Crippen LogP contribution in [0.15, 0.2) is 18.2 Å². The first-order chi connectivity index (χ1) is 10.4. The maximum absolute atomic E-state index is 12.7. The Kier molecular flexibility index (Phi) is 3.94. The Bertz CT molecular complexity index is 690. The molecule has 0 saturated carbocycles. The van der Waals surface area contributed by atoms with Crippen molar-refractivity contribution in [3.63, 3.8) is 0 Å². The first kappa shape index (κ1) is 15.1. The number of nitrogens with zero attached hydrogens (tertiary/aromatic N) is 1. The smallest absolute Gasteiger partial charge is 0.302 e. The summed E-state index contributed by atoms with van der Waals surface area (Å²) in [6, 6.07) is 5.43. The lowest BCUT2D eigenvalue weighted by molar-refractivity contribution is -0.128. The second-order valence-corrected chi connectivity index (χ2v) is 6.94. The minimum atomic E-state index is -4.55. The summed E-state index contributed by atoms with van der Waals surface area (Å²) in [6.07, 6.45) is 0.0632. The molecule has 1 fully saturated rings. The van der Waals surface area contributed by atoms with Crippen molar-refractivity contribution < 1.29 is 26.6 Å². The fraction of sp³-hybridized carbons (Fsp3) is 0.500. The number of carbonyl (C=O) groups is 1. The normalized spacial score (nSPS) is 21.2. The van der Waals surface area contributed by atoms with Crippen LogP contribution in [0.5, 0.6) is 11.5 Å². The molecule has 0 spiro atoms. The Labute approximate surface area is 128 Å². The minimum absolute atomic E-state index is 0.0632. The molecule has 2 heterocycles. The van der Waals surface area contributed by atoms with Gasteiger partial charge in [0.1, 0.15) is 13.2 Å². The second kappa shape index (κ2) is 5.75. The van der Waals surface area contributed by atoms with Gasteiger partial charge in [0.05, 0.1) is 5.75 Å². The monoisotopic (exact) mass is 329 g/mol. The van der Waals surface area contributed by atoms with Crippen molar-refractivity contribution in [2.45, 2.75) is 13.0 Å². The quantitative estimate of drug-likeness (QED) is 0.774. The number of hydrogen-bond acceptors (Lipinski definition) is 5. The first-order valence-corrected chi connectivity index (χ1v) is 8.54. The van der Waals surface area contributed by atoms with E-state index in [1.807, 2.05) is 6.07 Å². The maximum atomic E-state index is 12.7. The third kappa shape index (κ3) is 3.49. The molecule has 1 saturated heterocycles. The van der Waals surface area contributed by atoms with Crippen LogP contribution in [-0.2, 0) is 21.6 Å². The van der Waals surface area contributed by atoms with Crippen LogP contribution < -0.4 is 9.47 Å². The fourth-order valence-corrected chi connectivity index (χ4v) is 3.59. The molecule has 0 aromatic heterocycles. The van der Waals surface area contributed by atoms with Crippen molar-refractivity contribution in [3.05, 3.63) is 23.8 Å². The van der Waals surface area contributed by atoms with Gasteiger partial charge in [-0.1, -0.05) is 6.07 Å². The summed E-state index contributed by atoms with van der Waals surface area (Å²) in [7, 11) is -4.55. The van der Waals surface area contributed by atoms with Crippen LogP contribution in [0.4, 0.5) is 3.89 Å². The zero-order valence-corrected chi connectivity index (χ0v) is 12.6.